The van der Waals surface area contributed by atoms with Crippen LogP contribution in [0.25, 0.3) is 0 Å². The summed E-state index contributed by atoms with van der Waals surface area (Å²) < 4.78 is 23.3. The summed E-state index contributed by atoms with van der Waals surface area (Å²) in [5, 5.41) is 3.37. The van der Waals surface area contributed by atoms with Gasteiger partial charge in [0.1, 0.15) is 0 Å². The Kier molecular flexibility index (Phi) is 3.92. The van der Waals surface area contributed by atoms with Crippen LogP contribution in [0.4, 0.5) is 5.69 Å². The molecular weight excluding hydrogens is 248 g/mol. The average molecular weight is 268 g/mol. The van der Waals surface area contributed by atoms with Crippen LogP contribution in [0.15, 0.2) is 29.2 Å². The van der Waals surface area contributed by atoms with Crippen molar-refractivity contribution in [2.24, 2.45) is 5.73 Å². The maximum atomic E-state index is 11.7. The van der Waals surface area contributed by atoms with Crippen LogP contribution in [0.1, 0.15) is 26.2 Å². The van der Waals surface area contributed by atoms with Gasteiger partial charge in [-0.2, -0.15) is 0 Å². The molecule has 1 fully saturated rings. The van der Waals surface area contributed by atoms with E-state index in [1.165, 1.54) is 0 Å². The second kappa shape index (κ2) is 5.28. The van der Waals surface area contributed by atoms with Crippen LogP contribution < -0.4 is 11.1 Å². The van der Waals surface area contributed by atoms with Gasteiger partial charge in [-0.1, -0.05) is 6.92 Å². The highest BCUT2D eigenvalue weighted by Crippen LogP contribution is 2.22. The van der Waals surface area contributed by atoms with Crippen LogP contribution in [0.5, 0.6) is 0 Å². The number of nitrogens with one attached hydrogen (secondary N) is 1. The van der Waals surface area contributed by atoms with Crippen molar-refractivity contribution in [1.29, 1.82) is 0 Å². The van der Waals surface area contributed by atoms with Crippen LogP contribution >= 0.6 is 0 Å². The molecule has 2 atom stereocenters. The summed E-state index contributed by atoms with van der Waals surface area (Å²) in [6.07, 6.45) is 3.29. The molecule has 1 aliphatic rings. The van der Waals surface area contributed by atoms with Crippen molar-refractivity contribution in [3.63, 3.8) is 0 Å². The van der Waals surface area contributed by atoms with Gasteiger partial charge in [0, 0.05) is 17.8 Å². The average Bonchev–Trinajstić information content (AvgIpc) is 2.76. The summed E-state index contributed by atoms with van der Waals surface area (Å²) >= 11 is 0. The monoisotopic (exact) mass is 268 g/mol. The molecule has 0 spiro atoms. The topological polar surface area (TPSA) is 72.2 Å². The van der Waals surface area contributed by atoms with E-state index in [-0.39, 0.29) is 11.8 Å². The van der Waals surface area contributed by atoms with Crippen molar-refractivity contribution >= 4 is 15.5 Å². The molecule has 0 bridgehead atoms. The van der Waals surface area contributed by atoms with E-state index in [0.717, 1.165) is 24.9 Å². The van der Waals surface area contributed by atoms with E-state index in [1.807, 2.05) is 12.1 Å². The number of nitrogens with two attached hydrogens (primary N) is 1. The Morgan fingerprint density at radius 2 is 1.94 bits per heavy atom. The van der Waals surface area contributed by atoms with E-state index >= 15 is 0 Å². The highest BCUT2D eigenvalue weighted by molar-refractivity contribution is 7.91. The van der Waals surface area contributed by atoms with E-state index in [0.29, 0.717) is 10.9 Å². The minimum Gasteiger partial charge on any atom is -0.381 e. The fourth-order valence-corrected chi connectivity index (χ4v) is 3.19. The molecule has 0 heterocycles. The van der Waals surface area contributed by atoms with Gasteiger partial charge < -0.3 is 11.1 Å². The minimum absolute atomic E-state index is 0.132. The summed E-state index contributed by atoms with van der Waals surface area (Å²) in [6, 6.07) is 7.44. The van der Waals surface area contributed by atoms with Crippen molar-refractivity contribution < 1.29 is 8.42 Å². The molecule has 0 radical (unpaired) electrons. The summed E-state index contributed by atoms with van der Waals surface area (Å²) in [6.45, 7) is 1.65. The zero-order valence-electron chi connectivity index (χ0n) is 10.6. The molecule has 2 unspecified atom stereocenters. The fraction of sp³-hybridized carbons (Fsp3) is 0.538. The quantitative estimate of drug-likeness (QED) is 0.873. The fourth-order valence-electron chi connectivity index (χ4n) is 2.31. The molecule has 5 heteroatoms. The van der Waals surface area contributed by atoms with Crippen LogP contribution in [0.2, 0.25) is 0 Å². The molecule has 2 rings (SSSR count). The van der Waals surface area contributed by atoms with Crippen LogP contribution in [0, 0.1) is 0 Å². The Hall–Kier alpha value is -1.07. The Labute approximate surface area is 108 Å². The van der Waals surface area contributed by atoms with E-state index in [1.54, 1.807) is 19.1 Å². The molecule has 3 N–H and O–H groups in total. The van der Waals surface area contributed by atoms with Gasteiger partial charge in [-0.3, -0.25) is 0 Å². The SMILES string of the molecule is CCS(=O)(=O)c1ccc(NC2CCCC2N)cc1. The number of rotatable bonds is 4. The number of benzene rings is 1. The van der Waals surface area contributed by atoms with E-state index in [4.69, 9.17) is 5.73 Å². The van der Waals surface area contributed by atoms with Gasteiger partial charge in [-0.05, 0) is 43.5 Å². The molecule has 0 aromatic heterocycles. The van der Waals surface area contributed by atoms with E-state index in [9.17, 15) is 8.42 Å². The molecule has 100 valence electrons. The van der Waals surface area contributed by atoms with Crippen LogP contribution in [-0.4, -0.2) is 26.3 Å². The minimum atomic E-state index is -3.11. The van der Waals surface area contributed by atoms with Crippen molar-refractivity contribution in [3.8, 4) is 0 Å². The van der Waals surface area contributed by atoms with Gasteiger partial charge in [-0.25, -0.2) is 8.42 Å². The third-order valence-corrected chi connectivity index (χ3v) is 5.27. The van der Waals surface area contributed by atoms with Crippen LogP contribution in [-0.2, 0) is 9.84 Å². The smallest absolute Gasteiger partial charge is 0.178 e. The maximum absolute atomic E-state index is 11.7. The third-order valence-electron chi connectivity index (χ3n) is 3.51. The van der Waals surface area contributed by atoms with Gasteiger partial charge in [0.15, 0.2) is 9.84 Å². The zero-order chi connectivity index (χ0) is 13.2. The summed E-state index contributed by atoms with van der Waals surface area (Å²) in [5.74, 6) is 0.132. The first-order valence-electron chi connectivity index (χ1n) is 6.38. The largest absolute Gasteiger partial charge is 0.381 e. The first kappa shape index (κ1) is 13.4. The Balaban J connectivity index is 2.08. The zero-order valence-corrected chi connectivity index (χ0v) is 11.4. The first-order valence-corrected chi connectivity index (χ1v) is 8.03. The van der Waals surface area contributed by atoms with E-state index in [2.05, 4.69) is 5.32 Å². The van der Waals surface area contributed by atoms with Crippen molar-refractivity contribution in [3.05, 3.63) is 24.3 Å². The molecule has 1 saturated carbocycles. The summed E-state index contributed by atoms with van der Waals surface area (Å²) in [5.41, 5.74) is 6.93. The van der Waals surface area contributed by atoms with Gasteiger partial charge in [0.05, 0.1) is 10.6 Å². The molecular formula is C13H20N2O2S. The lowest BCUT2D eigenvalue weighted by Gasteiger charge is -2.18. The third kappa shape index (κ3) is 2.84. The molecule has 1 aliphatic carbocycles. The van der Waals surface area contributed by atoms with Gasteiger partial charge in [-0.15, -0.1) is 0 Å². The predicted octanol–water partition coefficient (Wildman–Crippen LogP) is 1.77. The maximum Gasteiger partial charge on any atom is 0.178 e. The lowest BCUT2D eigenvalue weighted by atomic mass is 10.2. The Bertz CT molecular complexity index is 496. The van der Waals surface area contributed by atoms with Crippen molar-refractivity contribution in [2.45, 2.75) is 43.2 Å². The molecule has 0 saturated heterocycles. The molecule has 0 amide bonds. The summed E-state index contributed by atoms with van der Waals surface area (Å²) in [4.78, 5) is 0.381. The second-order valence-electron chi connectivity index (χ2n) is 4.77. The highest BCUT2D eigenvalue weighted by Gasteiger charge is 2.23. The summed E-state index contributed by atoms with van der Waals surface area (Å²) in [7, 11) is -3.11. The lowest BCUT2D eigenvalue weighted by Crippen LogP contribution is -2.35. The molecule has 0 aliphatic heterocycles. The lowest BCUT2D eigenvalue weighted by molar-refractivity contribution is 0.597. The van der Waals surface area contributed by atoms with Gasteiger partial charge in [0.2, 0.25) is 0 Å². The van der Waals surface area contributed by atoms with E-state index < -0.39 is 9.84 Å². The Morgan fingerprint density at radius 1 is 1.28 bits per heavy atom. The Morgan fingerprint density at radius 3 is 2.44 bits per heavy atom. The highest BCUT2D eigenvalue weighted by atomic mass is 32.2. The molecule has 1 aromatic carbocycles. The standard InChI is InChI=1S/C13H20N2O2S/c1-2-18(16,17)11-8-6-10(7-9-11)15-13-5-3-4-12(13)14/h6-9,12-13,15H,2-5,14H2,1H3. The van der Waals surface area contributed by atoms with Crippen LogP contribution in [0.3, 0.4) is 0 Å². The van der Waals surface area contributed by atoms with Gasteiger partial charge in [0.25, 0.3) is 0 Å². The first-order chi connectivity index (χ1) is 8.53. The predicted molar refractivity (Wildman–Crippen MR) is 73.4 cm³/mol. The number of hydrogen-bond donors (Lipinski definition) is 2. The normalized spacial score (nSPS) is 24.1. The van der Waals surface area contributed by atoms with Crippen molar-refractivity contribution in [1.82, 2.24) is 0 Å². The second-order valence-corrected chi connectivity index (χ2v) is 7.05. The number of anilines is 1. The molecule has 1 aromatic rings. The molecule has 18 heavy (non-hydrogen) atoms. The van der Waals surface area contributed by atoms with Crippen molar-refractivity contribution in [2.75, 3.05) is 11.1 Å². The molecule has 4 nitrogen and oxygen atoms in total. The van der Waals surface area contributed by atoms with Gasteiger partial charge >= 0.3 is 0 Å². The number of hydrogen-bond acceptors (Lipinski definition) is 4. The number of sulfone groups is 1.